The van der Waals surface area contributed by atoms with Crippen molar-refractivity contribution in [1.29, 1.82) is 10.5 Å². The van der Waals surface area contributed by atoms with Crippen LogP contribution in [0.1, 0.15) is 24.8 Å². The summed E-state index contributed by atoms with van der Waals surface area (Å²) in [5.41, 5.74) is 1.30. The molecule has 1 aromatic rings. The van der Waals surface area contributed by atoms with E-state index in [9.17, 15) is 0 Å². The van der Waals surface area contributed by atoms with Gasteiger partial charge in [0.25, 0.3) is 0 Å². The second-order valence-electron chi connectivity index (χ2n) is 4.22. The van der Waals surface area contributed by atoms with Gasteiger partial charge in [0.2, 0.25) is 0 Å². The van der Waals surface area contributed by atoms with Crippen LogP contribution >= 0.6 is 11.6 Å². The summed E-state index contributed by atoms with van der Waals surface area (Å²) < 4.78 is 0. The molecule has 17 heavy (non-hydrogen) atoms. The largest absolute Gasteiger partial charge is 0.380 e. The van der Waals surface area contributed by atoms with Gasteiger partial charge in [-0.05, 0) is 37.5 Å². The molecule has 0 bridgehead atoms. The van der Waals surface area contributed by atoms with Crippen molar-refractivity contribution in [3.8, 4) is 12.1 Å². The van der Waals surface area contributed by atoms with Crippen LogP contribution in [0.4, 0.5) is 5.69 Å². The topological polar surface area (TPSA) is 59.6 Å². The molecule has 1 N–H and O–H groups in total. The van der Waals surface area contributed by atoms with E-state index in [-0.39, 0.29) is 12.0 Å². The average Bonchev–Trinajstić information content (AvgIpc) is 2.77. The van der Waals surface area contributed by atoms with Gasteiger partial charge in [0, 0.05) is 11.1 Å². The minimum atomic E-state index is 0.0283. The normalized spacial score (nSPS) is 22.8. The molecule has 0 aromatic heterocycles. The van der Waals surface area contributed by atoms with Crippen LogP contribution < -0.4 is 5.32 Å². The van der Waals surface area contributed by atoms with Crippen molar-refractivity contribution in [2.45, 2.75) is 25.3 Å². The predicted molar refractivity (Wildman–Crippen MR) is 66.5 cm³/mol. The zero-order valence-electron chi connectivity index (χ0n) is 9.28. The highest BCUT2D eigenvalue weighted by molar-refractivity contribution is 6.30. The lowest BCUT2D eigenvalue weighted by molar-refractivity contribution is 0.629. The SMILES string of the molecule is N#Cc1ccc(Cl)cc1NC1CCCC1C#N. The lowest BCUT2D eigenvalue weighted by Gasteiger charge is -2.18. The Morgan fingerprint density at radius 3 is 2.82 bits per heavy atom. The summed E-state index contributed by atoms with van der Waals surface area (Å²) in [7, 11) is 0. The quantitative estimate of drug-likeness (QED) is 0.870. The van der Waals surface area contributed by atoms with Crippen LogP contribution in [0.2, 0.25) is 5.02 Å². The fourth-order valence-corrected chi connectivity index (χ4v) is 2.39. The van der Waals surface area contributed by atoms with E-state index in [2.05, 4.69) is 17.5 Å². The number of hydrogen-bond acceptors (Lipinski definition) is 3. The highest BCUT2D eigenvalue weighted by Crippen LogP contribution is 2.30. The van der Waals surface area contributed by atoms with Crippen LogP contribution in [0.5, 0.6) is 0 Å². The third-order valence-corrected chi connectivity index (χ3v) is 3.36. The Kier molecular flexibility index (Phi) is 3.52. The van der Waals surface area contributed by atoms with Crippen molar-refractivity contribution in [3.05, 3.63) is 28.8 Å². The van der Waals surface area contributed by atoms with E-state index in [0.717, 1.165) is 24.9 Å². The van der Waals surface area contributed by atoms with Crippen LogP contribution in [0.3, 0.4) is 0 Å². The summed E-state index contributed by atoms with van der Waals surface area (Å²) >= 11 is 5.92. The van der Waals surface area contributed by atoms with Gasteiger partial charge >= 0.3 is 0 Å². The molecule has 1 saturated carbocycles. The molecule has 86 valence electrons. The lowest BCUT2D eigenvalue weighted by atomic mass is 10.0. The number of benzene rings is 1. The van der Waals surface area contributed by atoms with Gasteiger partial charge in [-0.1, -0.05) is 11.6 Å². The first-order valence-electron chi connectivity index (χ1n) is 5.60. The maximum atomic E-state index is 9.01. The first-order chi connectivity index (χ1) is 8.24. The molecule has 1 aromatic carbocycles. The van der Waals surface area contributed by atoms with E-state index in [4.69, 9.17) is 22.1 Å². The molecule has 2 rings (SSSR count). The lowest BCUT2D eigenvalue weighted by Crippen LogP contribution is -2.23. The Hall–Kier alpha value is -1.71. The van der Waals surface area contributed by atoms with Crippen LogP contribution in [0.15, 0.2) is 18.2 Å². The number of rotatable bonds is 2. The van der Waals surface area contributed by atoms with Gasteiger partial charge in [-0.3, -0.25) is 0 Å². The summed E-state index contributed by atoms with van der Waals surface area (Å²) in [5.74, 6) is 0.0283. The molecule has 1 aliphatic rings. The molecule has 0 amide bonds. The summed E-state index contributed by atoms with van der Waals surface area (Å²) in [5, 5.41) is 21.9. The molecule has 1 fully saturated rings. The monoisotopic (exact) mass is 245 g/mol. The van der Waals surface area contributed by atoms with Crippen LogP contribution in [-0.4, -0.2) is 6.04 Å². The van der Waals surface area contributed by atoms with Gasteiger partial charge in [0.05, 0.1) is 23.2 Å². The van der Waals surface area contributed by atoms with Gasteiger partial charge in [0.15, 0.2) is 0 Å². The second-order valence-corrected chi connectivity index (χ2v) is 4.66. The smallest absolute Gasteiger partial charge is 0.101 e. The van der Waals surface area contributed by atoms with E-state index in [0.29, 0.717) is 10.6 Å². The van der Waals surface area contributed by atoms with Gasteiger partial charge < -0.3 is 5.32 Å². The van der Waals surface area contributed by atoms with Crippen molar-refractivity contribution in [3.63, 3.8) is 0 Å². The summed E-state index contributed by atoms with van der Waals surface area (Å²) in [4.78, 5) is 0. The molecule has 2 atom stereocenters. The van der Waals surface area contributed by atoms with Crippen molar-refractivity contribution in [1.82, 2.24) is 0 Å². The standard InChI is InChI=1S/C13H12ClN3/c14-11-5-4-10(8-16)13(6-11)17-12-3-1-2-9(12)7-15/h4-6,9,12,17H,1-3H2. The fraction of sp³-hybridized carbons (Fsp3) is 0.385. The summed E-state index contributed by atoms with van der Waals surface area (Å²) in [6.45, 7) is 0. The maximum absolute atomic E-state index is 9.01. The van der Waals surface area contributed by atoms with E-state index >= 15 is 0 Å². The number of hydrogen-bond donors (Lipinski definition) is 1. The molecule has 1 aliphatic carbocycles. The first-order valence-corrected chi connectivity index (χ1v) is 5.98. The molecule has 4 heteroatoms. The van der Waals surface area contributed by atoms with Crippen molar-refractivity contribution in [2.75, 3.05) is 5.32 Å². The molecule has 0 radical (unpaired) electrons. The first kappa shape index (κ1) is 11.8. The minimum Gasteiger partial charge on any atom is -0.380 e. The minimum absolute atomic E-state index is 0.0283. The van der Waals surface area contributed by atoms with Crippen LogP contribution in [0, 0.1) is 28.6 Å². The maximum Gasteiger partial charge on any atom is 0.101 e. The van der Waals surface area contributed by atoms with Crippen molar-refractivity contribution < 1.29 is 0 Å². The molecule has 2 unspecified atom stereocenters. The Labute approximate surface area is 106 Å². The van der Waals surface area contributed by atoms with Crippen molar-refractivity contribution in [2.24, 2.45) is 5.92 Å². The fourth-order valence-electron chi connectivity index (χ4n) is 2.22. The van der Waals surface area contributed by atoms with Gasteiger partial charge in [-0.2, -0.15) is 10.5 Å². The zero-order valence-corrected chi connectivity index (χ0v) is 10.0. The highest BCUT2D eigenvalue weighted by atomic mass is 35.5. The van der Waals surface area contributed by atoms with Crippen LogP contribution in [-0.2, 0) is 0 Å². The van der Waals surface area contributed by atoms with E-state index in [1.54, 1.807) is 18.2 Å². The third kappa shape index (κ3) is 2.52. The number of anilines is 1. The number of nitrogens with zero attached hydrogens (tertiary/aromatic N) is 2. The average molecular weight is 246 g/mol. The Bertz CT molecular complexity index is 498. The second kappa shape index (κ2) is 5.08. The third-order valence-electron chi connectivity index (χ3n) is 3.12. The number of nitrogens with one attached hydrogen (secondary N) is 1. The van der Waals surface area contributed by atoms with Crippen molar-refractivity contribution >= 4 is 17.3 Å². The van der Waals surface area contributed by atoms with Gasteiger partial charge in [-0.25, -0.2) is 0 Å². The van der Waals surface area contributed by atoms with Gasteiger partial charge in [0.1, 0.15) is 6.07 Å². The van der Waals surface area contributed by atoms with Crippen LogP contribution in [0.25, 0.3) is 0 Å². The zero-order chi connectivity index (χ0) is 12.3. The Morgan fingerprint density at radius 2 is 2.12 bits per heavy atom. The van der Waals surface area contributed by atoms with E-state index < -0.39 is 0 Å². The predicted octanol–water partition coefficient (Wildman–Crippen LogP) is 3.32. The Balaban J connectivity index is 2.21. The molecular weight excluding hydrogens is 234 g/mol. The molecule has 0 spiro atoms. The molecule has 0 heterocycles. The molecular formula is C13H12ClN3. The Morgan fingerprint density at radius 1 is 1.29 bits per heavy atom. The number of nitriles is 2. The van der Waals surface area contributed by atoms with Gasteiger partial charge in [-0.15, -0.1) is 0 Å². The molecule has 0 saturated heterocycles. The van der Waals surface area contributed by atoms with E-state index in [1.807, 2.05) is 0 Å². The molecule has 3 nitrogen and oxygen atoms in total. The van der Waals surface area contributed by atoms with E-state index in [1.165, 1.54) is 0 Å². The summed E-state index contributed by atoms with van der Waals surface area (Å²) in [6.07, 6.45) is 2.95. The molecule has 0 aliphatic heterocycles. The number of halogens is 1. The summed E-state index contributed by atoms with van der Waals surface area (Å²) in [6, 6.07) is 9.70. The highest BCUT2D eigenvalue weighted by Gasteiger charge is 2.27.